The normalized spacial score (nSPS) is 19.4. The van der Waals surface area contributed by atoms with Crippen LogP contribution in [0.3, 0.4) is 0 Å². The summed E-state index contributed by atoms with van der Waals surface area (Å²) in [5.74, 6) is -0.210. The molecule has 18 heavy (non-hydrogen) atoms. The van der Waals surface area contributed by atoms with E-state index in [0.717, 1.165) is 37.0 Å². The number of hydrogen-bond donors (Lipinski definition) is 0. The Morgan fingerprint density at radius 3 is 2.72 bits per heavy atom. The Morgan fingerprint density at radius 2 is 2.11 bits per heavy atom. The number of carbonyl (C=O) groups is 1. The molecule has 1 fully saturated rings. The van der Waals surface area contributed by atoms with Gasteiger partial charge in [-0.15, -0.1) is 0 Å². The lowest BCUT2D eigenvalue weighted by atomic mass is 9.83. The number of oxime groups is 1. The van der Waals surface area contributed by atoms with Gasteiger partial charge in [-0.25, -0.2) is 9.18 Å². The number of carbonyl (C=O) groups excluding carboxylic acids is 1. The molecule has 0 spiro atoms. The van der Waals surface area contributed by atoms with Gasteiger partial charge in [-0.2, -0.15) is 0 Å². The first kappa shape index (κ1) is 12.7. The van der Waals surface area contributed by atoms with Crippen molar-refractivity contribution in [3.05, 3.63) is 35.6 Å². The third-order valence-corrected chi connectivity index (χ3v) is 3.19. The van der Waals surface area contributed by atoms with Crippen LogP contribution in [0.15, 0.2) is 29.4 Å². The lowest BCUT2D eigenvalue weighted by Gasteiger charge is -2.22. The monoisotopic (exact) mass is 249 g/mol. The van der Waals surface area contributed by atoms with Gasteiger partial charge in [0, 0.05) is 6.92 Å². The number of hydrogen-bond acceptors (Lipinski definition) is 3. The van der Waals surface area contributed by atoms with Crippen LogP contribution in [0.25, 0.3) is 0 Å². The summed E-state index contributed by atoms with van der Waals surface area (Å²) >= 11 is 0. The summed E-state index contributed by atoms with van der Waals surface area (Å²) in [4.78, 5) is 15.3. The van der Waals surface area contributed by atoms with Crippen molar-refractivity contribution in [1.82, 2.24) is 0 Å². The first-order valence-corrected chi connectivity index (χ1v) is 6.14. The zero-order chi connectivity index (χ0) is 13.0. The predicted octanol–water partition coefficient (Wildman–Crippen LogP) is 3.40. The van der Waals surface area contributed by atoms with Crippen molar-refractivity contribution in [3.8, 4) is 0 Å². The van der Waals surface area contributed by atoms with Gasteiger partial charge in [0.15, 0.2) is 0 Å². The Bertz CT molecular complexity index is 461. The van der Waals surface area contributed by atoms with Crippen LogP contribution in [0.2, 0.25) is 0 Å². The summed E-state index contributed by atoms with van der Waals surface area (Å²) in [7, 11) is 0. The van der Waals surface area contributed by atoms with Crippen molar-refractivity contribution in [1.29, 1.82) is 0 Å². The molecule has 0 radical (unpaired) electrons. The van der Waals surface area contributed by atoms with Crippen LogP contribution >= 0.6 is 0 Å². The summed E-state index contributed by atoms with van der Waals surface area (Å²) in [5, 5.41) is 3.82. The van der Waals surface area contributed by atoms with Gasteiger partial charge >= 0.3 is 5.97 Å². The molecule has 1 aromatic rings. The smallest absolute Gasteiger partial charge is 0.319 e. The predicted molar refractivity (Wildman–Crippen MR) is 66.8 cm³/mol. The van der Waals surface area contributed by atoms with E-state index in [9.17, 15) is 9.18 Å². The molecule has 0 aromatic heterocycles. The van der Waals surface area contributed by atoms with Gasteiger partial charge in [0.2, 0.25) is 0 Å². The molecular weight excluding hydrogens is 233 g/mol. The minimum atomic E-state index is -0.394. The van der Waals surface area contributed by atoms with Crippen molar-refractivity contribution >= 4 is 11.7 Å². The molecule has 1 saturated carbocycles. The second-order valence-electron chi connectivity index (χ2n) is 4.57. The second-order valence-corrected chi connectivity index (χ2v) is 4.57. The molecule has 0 amide bonds. The van der Waals surface area contributed by atoms with Gasteiger partial charge in [0.1, 0.15) is 5.82 Å². The summed E-state index contributed by atoms with van der Waals surface area (Å²) in [6.07, 6.45) is 3.44. The molecular formula is C14H16FNO2. The second kappa shape index (κ2) is 5.76. The van der Waals surface area contributed by atoms with Crippen molar-refractivity contribution < 1.29 is 14.0 Å². The molecule has 4 heteroatoms. The minimum Gasteiger partial charge on any atom is -0.319 e. The SMILES string of the molecule is CC(=O)ON=C1CCC(c2cccc(F)c2)CC1. The van der Waals surface area contributed by atoms with Gasteiger partial charge in [-0.3, -0.25) is 0 Å². The summed E-state index contributed by atoms with van der Waals surface area (Å²) < 4.78 is 13.1. The summed E-state index contributed by atoms with van der Waals surface area (Å²) in [6, 6.07) is 6.76. The van der Waals surface area contributed by atoms with Crippen LogP contribution in [-0.4, -0.2) is 11.7 Å². The Balaban J connectivity index is 1.94. The van der Waals surface area contributed by atoms with Crippen LogP contribution in [0.4, 0.5) is 4.39 Å². The van der Waals surface area contributed by atoms with E-state index in [4.69, 9.17) is 0 Å². The molecule has 0 heterocycles. The van der Waals surface area contributed by atoms with Gasteiger partial charge in [-0.1, -0.05) is 17.3 Å². The highest BCUT2D eigenvalue weighted by Crippen LogP contribution is 2.31. The maximum Gasteiger partial charge on any atom is 0.331 e. The highest BCUT2D eigenvalue weighted by molar-refractivity contribution is 5.85. The maximum absolute atomic E-state index is 13.1. The molecule has 96 valence electrons. The summed E-state index contributed by atoms with van der Waals surface area (Å²) in [6.45, 7) is 1.34. The van der Waals surface area contributed by atoms with E-state index in [1.165, 1.54) is 13.0 Å². The molecule has 1 aromatic carbocycles. The van der Waals surface area contributed by atoms with E-state index in [-0.39, 0.29) is 5.82 Å². The van der Waals surface area contributed by atoms with E-state index >= 15 is 0 Å². The number of halogens is 1. The fraction of sp³-hybridized carbons (Fsp3) is 0.429. The van der Waals surface area contributed by atoms with E-state index in [0.29, 0.717) is 5.92 Å². The van der Waals surface area contributed by atoms with Crippen LogP contribution in [-0.2, 0) is 9.63 Å². The van der Waals surface area contributed by atoms with E-state index < -0.39 is 5.97 Å². The minimum absolute atomic E-state index is 0.188. The summed E-state index contributed by atoms with van der Waals surface area (Å²) in [5.41, 5.74) is 1.96. The zero-order valence-electron chi connectivity index (χ0n) is 10.4. The van der Waals surface area contributed by atoms with Crippen molar-refractivity contribution in [2.75, 3.05) is 0 Å². The fourth-order valence-corrected chi connectivity index (χ4v) is 2.26. The first-order chi connectivity index (χ1) is 8.65. The third kappa shape index (κ3) is 3.39. The maximum atomic E-state index is 13.1. The highest BCUT2D eigenvalue weighted by Gasteiger charge is 2.20. The van der Waals surface area contributed by atoms with Crippen molar-refractivity contribution in [2.45, 2.75) is 38.5 Å². The lowest BCUT2D eigenvalue weighted by Crippen LogP contribution is -2.13. The quantitative estimate of drug-likeness (QED) is 0.595. The molecule has 0 atom stereocenters. The van der Waals surface area contributed by atoms with Crippen LogP contribution < -0.4 is 0 Å². The number of nitrogens with zero attached hydrogens (tertiary/aromatic N) is 1. The molecule has 2 rings (SSSR count). The highest BCUT2D eigenvalue weighted by atomic mass is 19.1. The molecule has 0 N–H and O–H groups in total. The van der Waals surface area contributed by atoms with Crippen LogP contribution in [0.1, 0.15) is 44.1 Å². The van der Waals surface area contributed by atoms with Gasteiger partial charge in [0.05, 0.1) is 5.71 Å². The Labute approximate surface area is 106 Å². The lowest BCUT2D eigenvalue weighted by molar-refractivity contribution is -0.141. The van der Waals surface area contributed by atoms with Crippen LogP contribution in [0, 0.1) is 5.82 Å². The van der Waals surface area contributed by atoms with Crippen molar-refractivity contribution in [2.24, 2.45) is 5.16 Å². The van der Waals surface area contributed by atoms with Crippen molar-refractivity contribution in [3.63, 3.8) is 0 Å². The molecule has 1 aliphatic carbocycles. The Kier molecular flexibility index (Phi) is 4.07. The molecule has 0 aliphatic heterocycles. The topological polar surface area (TPSA) is 38.7 Å². The number of rotatable bonds is 2. The van der Waals surface area contributed by atoms with Gasteiger partial charge < -0.3 is 4.84 Å². The van der Waals surface area contributed by atoms with E-state index in [2.05, 4.69) is 9.99 Å². The molecule has 0 unspecified atom stereocenters. The zero-order valence-corrected chi connectivity index (χ0v) is 10.4. The van der Waals surface area contributed by atoms with E-state index in [1.807, 2.05) is 6.07 Å². The van der Waals surface area contributed by atoms with Crippen LogP contribution in [0.5, 0.6) is 0 Å². The first-order valence-electron chi connectivity index (χ1n) is 6.14. The average molecular weight is 249 g/mol. The third-order valence-electron chi connectivity index (χ3n) is 3.19. The van der Waals surface area contributed by atoms with E-state index in [1.54, 1.807) is 12.1 Å². The molecule has 1 aliphatic rings. The Hall–Kier alpha value is -1.71. The largest absolute Gasteiger partial charge is 0.331 e. The van der Waals surface area contributed by atoms with Gasteiger partial charge in [-0.05, 0) is 49.3 Å². The molecule has 0 bridgehead atoms. The standard InChI is InChI=1S/C14H16FNO2/c1-10(17)18-16-14-7-5-11(6-8-14)12-3-2-4-13(15)9-12/h2-4,9,11H,5-8H2,1H3. The average Bonchev–Trinajstić information content (AvgIpc) is 2.37. The number of benzene rings is 1. The Morgan fingerprint density at radius 1 is 1.39 bits per heavy atom. The van der Waals surface area contributed by atoms with Gasteiger partial charge in [0.25, 0.3) is 0 Å². The fourth-order valence-electron chi connectivity index (χ4n) is 2.26. The molecule has 3 nitrogen and oxygen atoms in total. The molecule has 0 saturated heterocycles.